The molecule has 0 aliphatic heterocycles. The van der Waals surface area contributed by atoms with Crippen LogP contribution in [-0.4, -0.2) is 34.2 Å². The summed E-state index contributed by atoms with van der Waals surface area (Å²) in [5.74, 6) is 1.48. The number of nitrogens with two attached hydrogens (primary N) is 1. The SMILES string of the molecule is CSCC[C@H](N)C(=O)Nc1ccccc1-c1nnc(C)o1. The molecule has 3 N–H and O–H groups in total. The summed E-state index contributed by atoms with van der Waals surface area (Å²) in [4.78, 5) is 12.1. The highest BCUT2D eigenvalue weighted by molar-refractivity contribution is 7.98. The number of rotatable bonds is 6. The molecule has 0 fully saturated rings. The molecule has 0 saturated carbocycles. The molecule has 0 unspecified atom stereocenters. The molecule has 21 heavy (non-hydrogen) atoms. The molecular formula is C14H18N4O2S. The van der Waals surface area contributed by atoms with Crippen LogP contribution in [0.5, 0.6) is 0 Å². The predicted molar refractivity (Wildman–Crippen MR) is 84.1 cm³/mol. The number of nitrogens with zero attached hydrogens (tertiary/aromatic N) is 2. The van der Waals surface area contributed by atoms with Gasteiger partial charge in [0, 0.05) is 6.92 Å². The molecule has 1 aromatic carbocycles. The summed E-state index contributed by atoms with van der Waals surface area (Å²) in [6, 6.07) is 6.74. The second-order valence-electron chi connectivity index (χ2n) is 4.55. The van der Waals surface area contributed by atoms with Crippen LogP contribution in [0.15, 0.2) is 28.7 Å². The van der Waals surface area contributed by atoms with Gasteiger partial charge < -0.3 is 15.5 Å². The van der Waals surface area contributed by atoms with E-state index in [1.807, 2.05) is 24.5 Å². The molecule has 1 amide bonds. The summed E-state index contributed by atoms with van der Waals surface area (Å²) in [5, 5.41) is 10.6. The molecule has 2 rings (SSSR count). The van der Waals surface area contributed by atoms with Crippen molar-refractivity contribution in [1.29, 1.82) is 0 Å². The van der Waals surface area contributed by atoms with E-state index in [-0.39, 0.29) is 5.91 Å². The topological polar surface area (TPSA) is 94.0 Å². The lowest BCUT2D eigenvalue weighted by Gasteiger charge is -2.13. The van der Waals surface area contributed by atoms with E-state index in [4.69, 9.17) is 10.2 Å². The Hall–Kier alpha value is -1.86. The van der Waals surface area contributed by atoms with Gasteiger partial charge in [-0.1, -0.05) is 12.1 Å². The fourth-order valence-corrected chi connectivity index (χ4v) is 2.27. The molecule has 0 saturated heterocycles. The van der Waals surface area contributed by atoms with Crippen LogP contribution in [-0.2, 0) is 4.79 Å². The predicted octanol–water partition coefficient (Wildman–Crippen LogP) is 2.06. The summed E-state index contributed by atoms with van der Waals surface area (Å²) >= 11 is 1.66. The Morgan fingerprint density at radius 1 is 1.43 bits per heavy atom. The van der Waals surface area contributed by atoms with Gasteiger partial charge >= 0.3 is 0 Å². The first-order valence-electron chi connectivity index (χ1n) is 6.56. The van der Waals surface area contributed by atoms with Crippen LogP contribution in [0, 0.1) is 6.92 Å². The van der Waals surface area contributed by atoms with E-state index in [2.05, 4.69) is 15.5 Å². The van der Waals surface area contributed by atoms with Crippen molar-refractivity contribution in [3.05, 3.63) is 30.2 Å². The van der Waals surface area contributed by atoms with Gasteiger partial charge in [0.05, 0.1) is 17.3 Å². The van der Waals surface area contributed by atoms with Gasteiger partial charge in [-0.25, -0.2) is 0 Å². The van der Waals surface area contributed by atoms with Gasteiger partial charge in [0.1, 0.15) is 0 Å². The van der Waals surface area contributed by atoms with Crippen molar-refractivity contribution < 1.29 is 9.21 Å². The maximum Gasteiger partial charge on any atom is 0.249 e. The monoisotopic (exact) mass is 306 g/mol. The number of aromatic nitrogens is 2. The smallest absolute Gasteiger partial charge is 0.249 e. The Balaban J connectivity index is 2.15. The highest BCUT2D eigenvalue weighted by atomic mass is 32.2. The first kappa shape index (κ1) is 15.5. The number of amides is 1. The van der Waals surface area contributed by atoms with Crippen molar-refractivity contribution in [2.45, 2.75) is 19.4 Å². The van der Waals surface area contributed by atoms with Gasteiger partial charge in [0.25, 0.3) is 0 Å². The van der Waals surface area contributed by atoms with E-state index in [9.17, 15) is 4.79 Å². The minimum atomic E-state index is -0.532. The Labute approximate surface area is 127 Å². The number of nitrogens with one attached hydrogen (secondary N) is 1. The third kappa shape index (κ3) is 4.05. The van der Waals surface area contributed by atoms with Gasteiger partial charge in [0.2, 0.25) is 17.7 Å². The summed E-state index contributed by atoms with van der Waals surface area (Å²) in [6.45, 7) is 1.72. The lowest BCUT2D eigenvalue weighted by atomic mass is 10.1. The Morgan fingerprint density at radius 2 is 2.19 bits per heavy atom. The van der Waals surface area contributed by atoms with E-state index >= 15 is 0 Å². The molecule has 0 spiro atoms. The van der Waals surface area contributed by atoms with Gasteiger partial charge in [-0.15, -0.1) is 10.2 Å². The van der Waals surface area contributed by atoms with Crippen LogP contribution in [0.25, 0.3) is 11.5 Å². The van der Waals surface area contributed by atoms with E-state index in [1.54, 1.807) is 24.8 Å². The number of carbonyl (C=O) groups excluding carboxylic acids is 1. The minimum absolute atomic E-state index is 0.215. The zero-order chi connectivity index (χ0) is 15.2. The number of benzene rings is 1. The molecule has 0 aliphatic carbocycles. The number of anilines is 1. The summed E-state index contributed by atoms with van der Waals surface area (Å²) < 4.78 is 5.41. The third-order valence-corrected chi connectivity index (χ3v) is 3.56. The molecule has 0 aliphatic rings. The number of para-hydroxylation sites is 1. The van der Waals surface area contributed by atoms with Crippen LogP contribution >= 0.6 is 11.8 Å². The highest BCUT2D eigenvalue weighted by Crippen LogP contribution is 2.26. The molecule has 0 radical (unpaired) electrons. The van der Waals surface area contributed by atoms with Crippen LogP contribution in [0.3, 0.4) is 0 Å². The van der Waals surface area contributed by atoms with Crippen molar-refractivity contribution >= 4 is 23.4 Å². The van der Waals surface area contributed by atoms with Gasteiger partial charge in [0.15, 0.2) is 0 Å². The van der Waals surface area contributed by atoms with Crippen LogP contribution < -0.4 is 11.1 Å². The van der Waals surface area contributed by atoms with E-state index < -0.39 is 6.04 Å². The molecule has 112 valence electrons. The molecule has 7 heteroatoms. The van der Waals surface area contributed by atoms with Crippen molar-refractivity contribution in [2.24, 2.45) is 5.73 Å². The summed E-state index contributed by atoms with van der Waals surface area (Å²) in [6.07, 6.45) is 2.62. The summed E-state index contributed by atoms with van der Waals surface area (Å²) in [5.41, 5.74) is 7.17. The number of aryl methyl sites for hydroxylation is 1. The standard InChI is InChI=1S/C14H18N4O2S/c1-9-17-18-14(20-9)10-5-3-4-6-12(10)16-13(19)11(15)7-8-21-2/h3-6,11H,7-8,15H2,1-2H3,(H,16,19)/t11-/m0/s1. The van der Waals surface area contributed by atoms with Crippen molar-refractivity contribution in [1.82, 2.24) is 10.2 Å². The highest BCUT2D eigenvalue weighted by Gasteiger charge is 2.17. The van der Waals surface area contributed by atoms with Crippen molar-refractivity contribution in [3.63, 3.8) is 0 Å². The molecule has 1 aromatic heterocycles. The third-order valence-electron chi connectivity index (χ3n) is 2.91. The first-order chi connectivity index (χ1) is 10.1. The molecule has 1 heterocycles. The molecule has 0 bridgehead atoms. The zero-order valence-corrected chi connectivity index (χ0v) is 12.8. The van der Waals surface area contributed by atoms with Crippen LogP contribution in [0.2, 0.25) is 0 Å². The van der Waals surface area contributed by atoms with E-state index in [1.165, 1.54) is 0 Å². The molecular weight excluding hydrogens is 288 g/mol. The quantitative estimate of drug-likeness (QED) is 0.848. The lowest BCUT2D eigenvalue weighted by molar-refractivity contribution is -0.117. The summed E-state index contributed by atoms with van der Waals surface area (Å²) in [7, 11) is 0. The minimum Gasteiger partial charge on any atom is -0.421 e. The number of carbonyl (C=O) groups is 1. The normalized spacial score (nSPS) is 12.1. The molecule has 2 aromatic rings. The van der Waals surface area contributed by atoms with Gasteiger partial charge in [-0.2, -0.15) is 11.8 Å². The number of thioether (sulfide) groups is 1. The number of hydrogen-bond donors (Lipinski definition) is 2. The maximum atomic E-state index is 12.1. The Kier molecular flexibility index (Phi) is 5.35. The van der Waals surface area contributed by atoms with E-state index in [0.717, 1.165) is 5.75 Å². The first-order valence-corrected chi connectivity index (χ1v) is 7.96. The van der Waals surface area contributed by atoms with E-state index in [0.29, 0.717) is 29.5 Å². The van der Waals surface area contributed by atoms with Crippen LogP contribution in [0.1, 0.15) is 12.3 Å². The molecule has 6 nitrogen and oxygen atoms in total. The average Bonchev–Trinajstić information content (AvgIpc) is 2.91. The zero-order valence-electron chi connectivity index (χ0n) is 12.0. The largest absolute Gasteiger partial charge is 0.421 e. The Morgan fingerprint density at radius 3 is 2.86 bits per heavy atom. The fourth-order valence-electron chi connectivity index (χ4n) is 1.79. The van der Waals surface area contributed by atoms with Crippen molar-refractivity contribution in [2.75, 3.05) is 17.3 Å². The molecule has 1 atom stereocenters. The maximum absolute atomic E-state index is 12.1. The average molecular weight is 306 g/mol. The fraction of sp³-hybridized carbons (Fsp3) is 0.357. The second kappa shape index (κ2) is 7.24. The van der Waals surface area contributed by atoms with Gasteiger partial charge in [-0.05, 0) is 30.6 Å². The Bertz CT molecular complexity index is 615. The van der Waals surface area contributed by atoms with Crippen LogP contribution in [0.4, 0.5) is 5.69 Å². The van der Waals surface area contributed by atoms with Crippen molar-refractivity contribution in [3.8, 4) is 11.5 Å². The second-order valence-corrected chi connectivity index (χ2v) is 5.53. The number of hydrogen-bond acceptors (Lipinski definition) is 6. The van der Waals surface area contributed by atoms with Gasteiger partial charge in [-0.3, -0.25) is 4.79 Å². The lowest BCUT2D eigenvalue weighted by Crippen LogP contribution is -2.36.